The summed E-state index contributed by atoms with van der Waals surface area (Å²) in [5.41, 5.74) is 5.23. The van der Waals surface area contributed by atoms with Crippen LogP contribution in [-0.4, -0.2) is 35.0 Å². The van der Waals surface area contributed by atoms with Gasteiger partial charge in [0.1, 0.15) is 17.8 Å². The van der Waals surface area contributed by atoms with E-state index in [-0.39, 0.29) is 11.6 Å². The molecule has 1 amide bonds. The van der Waals surface area contributed by atoms with Crippen molar-refractivity contribution < 1.29 is 19.2 Å². The zero-order chi connectivity index (χ0) is 21.5. The zero-order valence-electron chi connectivity index (χ0n) is 16.1. The Morgan fingerprint density at radius 1 is 1.00 bits per heavy atom. The van der Waals surface area contributed by atoms with Crippen LogP contribution in [0.5, 0.6) is 11.5 Å². The van der Waals surface area contributed by atoms with Crippen LogP contribution in [0.3, 0.4) is 0 Å². The van der Waals surface area contributed by atoms with Crippen LogP contribution >= 0.6 is 0 Å². The van der Waals surface area contributed by atoms with Crippen LogP contribution in [0.25, 0.3) is 0 Å². The van der Waals surface area contributed by atoms with Gasteiger partial charge in [0.2, 0.25) is 11.6 Å². The van der Waals surface area contributed by atoms with Gasteiger partial charge in [-0.25, -0.2) is 9.97 Å². The van der Waals surface area contributed by atoms with E-state index in [1.807, 2.05) is 0 Å². The Kier molecular flexibility index (Phi) is 6.23. The van der Waals surface area contributed by atoms with Gasteiger partial charge in [0.25, 0.3) is 5.91 Å². The van der Waals surface area contributed by atoms with Gasteiger partial charge in [0.05, 0.1) is 24.8 Å². The van der Waals surface area contributed by atoms with Crippen molar-refractivity contribution in [1.82, 2.24) is 15.4 Å². The molecule has 3 rings (SSSR count). The number of aromatic nitrogens is 2. The number of benzene rings is 2. The molecule has 30 heavy (non-hydrogen) atoms. The standard InChI is InChI=1S/C19H18N6O5/c1-29-13-9-7-12(8-10-13)19(26)24-23-18-16(25(27)28)17(20-11-21-18)22-14-5-3-4-6-15(14)30-2/h3-11H,1-2H3,(H,24,26)(H2,20,21,22,23). The number of para-hydroxylation sites is 2. The molecule has 3 aromatic rings. The van der Waals surface area contributed by atoms with Gasteiger partial charge < -0.3 is 14.8 Å². The summed E-state index contributed by atoms with van der Waals surface area (Å²) < 4.78 is 10.3. The quantitative estimate of drug-likeness (QED) is 0.377. The van der Waals surface area contributed by atoms with Crippen LogP contribution in [0.15, 0.2) is 54.9 Å². The third-order valence-electron chi connectivity index (χ3n) is 4.01. The summed E-state index contributed by atoms with van der Waals surface area (Å²) in [5.74, 6) is 0.311. The number of carbonyl (C=O) groups is 1. The minimum atomic E-state index is -0.653. The van der Waals surface area contributed by atoms with E-state index in [0.29, 0.717) is 22.7 Å². The number of methoxy groups -OCH3 is 2. The number of nitro groups is 1. The van der Waals surface area contributed by atoms with E-state index < -0.39 is 16.5 Å². The second-order valence-electron chi connectivity index (χ2n) is 5.81. The average Bonchev–Trinajstić information content (AvgIpc) is 2.77. The number of anilines is 3. The molecule has 1 heterocycles. The lowest BCUT2D eigenvalue weighted by atomic mass is 10.2. The van der Waals surface area contributed by atoms with Gasteiger partial charge in [-0.3, -0.25) is 25.8 Å². The first kappa shape index (κ1) is 20.3. The van der Waals surface area contributed by atoms with Crippen LogP contribution in [0.1, 0.15) is 10.4 Å². The molecule has 154 valence electrons. The minimum Gasteiger partial charge on any atom is -0.497 e. The summed E-state index contributed by atoms with van der Waals surface area (Å²) in [5, 5.41) is 14.5. The Morgan fingerprint density at radius 2 is 1.70 bits per heavy atom. The molecule has 0 fully saturated rings. The summed E-state index contributed by atoms with van der Waals surface area (Å²) in [7, 11) is 3.00. The second-order valence-corrected chi connectivity index (χ2v) is 5.81. The van der Waals surface area contributed by atoms with E-state index in [9.17, 15) is 14.9 Å². The highest BCUT2D eigenvalue weighted by molar-refractivity contribution is 5.95. The maximum atomic E-state index is 12.3. The van der Waals surface area contributed by atoms with Crippen molar-refractivity contribution in [3.05, 3.63) is 70.5 Å². The van der Waals surface area contributed by atoms with Gasteiger partial charge in [-0.2, -0.15) is 0 Å². The highest BCUT2D eigenvalue weighted by Gasteiger charge is 2.24. The Labute approximate surface area is 171 Å². The van der Waals surface area contributed by atoms with Crippen molar-refractivity contribution >= 4 is 28.9 Å². The van der Waals surface area contributed by atoms with Gasteiger partial charge >= 0.3 is 5.69 Å². The van der Waals surface area contributed by atoms with E-state index in [2.05, 4.69) is 26.1 Å². The molecule has 0 spiro atoms. The number of hydrogen-bond donors (Lipinski definition) is 3. The smallest absolute Gasteiger partial charge is 0.355 e. The first-order valence-corrected chi connectivity index (χ1v) is 8.63. The molecule has 0 saturated heterocycles. The maximum absolute atomic E-state index is 12.3. The molecule has 3 N–H and O–H groups in total. The molecule has 11 nitrogen and oxygen atoms in total. The third kappa shape index (κ3) is 4.52. The Bertz CT molecular complexity index is 1060. The van der Waals surface area contributed by atoms with Gasteiger partial charge in [0, 0.05) is 5.56 Å². The molecule has 0 bridgehead atoms. The summed E-state index contributed by atoms with van der Waals surface area (Å²) >= 11 is 0. The number of rotatable bonds is 8. The van der Waals surface area contributed by atoms with Gasteiger partial charge in [-0.05, 0) is 36.4 Å². The van der Waals surface area contributed by atoms with Crippen LogP contribution in [0.2, 0.25) is 0 Å². The van der Waals surface area contributed by atoms with Gasteiger partial charge in [-0.15, -0.1) is 0 Å². The molecule has 11 heteroatoms. The fraction of sp³-hybridized carbons (Fsp3) is 0.105. The molecule has 0 aliphatic heterocycles. The van der Waals surface area contributed by atoms with E-state index in [4.69, 9.17) is 9.47 Å². The van der Waals surface area contributed by atoms with Crippen LogP contribution < -0.4 is 25.6 Å². The molecule has 0 radical (unpaired) electrons. The number of amides is 1. The highest BCUT2D eigenvalue weighted by Crippen LogP contribution is 2.33. The van der Waals surface area contributed by atoms with Crippen molar-refractivity contribution in [2.45, 2.75) is 0 Å². The summed E-state index contributed by atoms with van der Waals surface area (Å²) in [6.45, 7) is 0. The summed E-state index contributed by atoms with van der Waals surface area (Å²) in [6, 6.07) is 13.2. The van der Waals surface area contributed by atoms with Crippen LogP contribution in [0.4, 0.5) is 23.0 Å². The lowest BCUT2D eigenvalue weighted by Crippen LogP contribution is -2.30. The zero-order valence-corrected chi connectivity index (χ0v) is 16.1. The number of carbonyl (C=O) groups excluding carboxylic acids is 1. The van der Waals surface area contributed by atoms with Gasteiger partial charge in [-0.1, -0.05) is 12.1 Å². The molecule has 2 aromatic carbocycles. The Balaban J connectivity index is 1.82. The summed E-state index contributed by atoms with van der Waals surface area (Å²) in [6.07, 6.45) is 1.13. The lowest BCUT2D eigenvalue weighted by molar-refractivity contribution is -0.383. The Morgan fingerprint density at radius 3 is 2.37 bits per heavy atom. The topological polar surface area (TPSA) is 141 Å². The Hall–Kier alpha value is -4.41. The first-order valence-electron chi connectivity index (χ1n) is 8.63. The van der Waals surface area contributed by atoms with Gasteiger partial charge in [0.15, 0.2) is 0 Å². The molecule has 0 unspecified atom stereocenters. The van der Waals surface area contributed by atoms with E-state index in [1.165, 1.54) is 14.2 Å². The number of hydrazine groups is 1. The third-order valence-corrected chi connectivity index (χ3v) is 4.01. The fourth-order valence-corrected chi connectivity index (χ4v) is 2.54. The van der Waals surface area contributed by atoms with Crippen molar-refractivity contribution in [2.75, 3.05) is 25.0 Å². The predicted molar refractivity (Wildman–Crippen MR) is 109 cm³/mol. The SMILES string of the molecule is COc1ccc(C(=O)NNc2ncnc(Nc3ccccc3OC)c2[N+](=O)[O-])cc1. The molecule has 0 atom stereocenters. The minimum absolute atomic E-state index is 0.0688. The van der Waals surface area contributed by atoms with Crippen LogP contribution in [-0.2, 0) is 0 Å². The van der Waals surface area contributed by atoms with Crippen molar-refractivity contribution in [1.29, 1.82) is 0 Å². The monoisotopic (exact) mass is 410 g/mol. The normalized spacial score (nSPS) is 10.1. The second kappa shape index (κ2) is 9.19. The fourth-order valence-electron chi connectivity index (χ4n) is 2.54. The molecule has 0 aliphatic carbocycles. The van der Waals surface area contributed by atoms with Crippen molar-refractivity contribution in [2.24, 2.45) is 0 Å². The number of nitrogens with zero attached hydrogens (tertiary/aromatic N) is 3. The van der Waals surface area contributed by atoms with E-state index in [1.54, 1.807) is 48.5 Å². The number of hydrogen-bond acceptors (Lipinski definition) is 9. The largest absolute Gasteiger partial charge is 0.497 e. The van der Waals surface area contributed by atoms with E-state index in [0.717, 1.165) is 6.33 Å². The summed E-state index contributed by atoms with van der Waals surface area (Å²) in [4.78, 5) is 31.1. The van der Waals surface area contributed by atoms with Crippen LogP contribution in [0, 0.1) is 10.1 Å². The van der Waals surface area contributed by atoms with E-state index >= 15 is 0 Å². The lowest BCUT2D eigenvalue weighted by Gasteiger charge is -2.12. The molecule has 0 aliphatic rings. The molecule has 0 saturated carbocycles. The van der Waals surface area contributed by atoms with Crippen molar-refractivity contribution in [3.8, 4) is 11.5 Å². The highest BCUT2D eigenvalue weighted by atomic mass is 16.6. The number of nitrogens with one attached hydrogen (secondary N) is 3. The predicted octanol–water partition coefficient (Wildman–Crippen LogP) is 2.90. The average molecular weight is 410 g/mol. The molecular weight excluding hydrogens is 392 g/mol. The molecular formula is C19H18N6O5. The number of ether oxygens (including phenoxy) is 2. The van der Waals surface area contributed by atoms with Crippen molar-refractivity contribution in [3.63, 3.8) is 0 Å². The first-order chi connectivity index (χ1) is 14.5. The maximum Gasteiger partial charge on any atom is 0.355 e. The molecule has 1 aromatic heterocycles.